The largest absolute Gasteiger partial charge is 1.00 e. The maximum Gasteiger partial charge on any atom is 1.00 e. The van der Waals surface area contributed by atoms with Crippen LogP contribution in [0.5, 0.6) is 0 Å². The molecule has 1 N–H and O–H groups in total. The summed E-state index contributed by atoms with van der Waals surface area (Å²) in [6.07, 6.45) is 23.2. The Morgan fingerprint density at radius 1 is 0.633 bits per heavy atom. The average molecular weight is 473 g/mol. The number of aliphatic hydroxyl groups is 1. The van der Waals surface area contributed by atoms with Crippen LogP contribution < -0.4 is 51.4 Å². The first-order chi connectivity index (χ1) is 13.9. The summed E-state index contributed by atoms with van der Waals surface area (Å²) in [6, 6.07) is 0. The number of hydrogen-bond acceptors (Lipinski definition) is 4. The number of rotatable bonds is 22. The van der Waals surface area contributed by atoms with Crippen LogP contribution in [0.1, 0.15) is 142 Å². The third-order valence-electron chi connectivity index (χ3n) is 6.03. The van der Waals surface area contributed by atoms with Crippen molar-refractivity contribution < 1.29 is 69.5 Å². The molecule has 0 bridgehead atoms. The summed E-state index contributed by atoms with van der Waals surface area (Å²) in [6.45, 7) is 3.76. The molecule has 0 fully saturated rings. The first-order valence-electron chi connectivity index (χ1n) is 12.5. The fourth-order valence-electron chi connectivity index (χ4n) is 3.85. The summed E-state index contributed by atoms with van der Waals surface area (Å²) in [5, 5.41) is 9.31. The summed E-state index contributed by atoms with van der Waals surface area (Å²) in [7, 11) is -4.12. The van der Waals surface area contributed by atoms with Crippen LogP contribution in [-0.4, -0.2) is 29.4 Å². The second-order valence-electron chi connectivity index (χ2n) is 8.98. The first kappa shape index (κ1) is 33.7. The quantitative estimate of drug-likeness (QED) is 0.146. The Morgan fingerprint density at radius 2 is 0.933 bits per heavy atom. The third-order valence-corrected chi connectivity index (χ3v) is 7.25. The van der Waals surface area contributed by atoms with E-state index in [0.717, 1.165) is 51.4 Å². The van der Waals surface area contributed by atoms with Gasteiger partial charge in [-0.1, -0.05) is 116 Å². The molecule has 0 aromatic carbocycles. The van der Waals surface area contributed by atoms with Gasteiger partial charge in [0.05, 0.1) is 16.2 Å². The van der Waals surface area contributed by atoms with Gasteiger partial charge in [0.15, 0.2) is 0 Å². The van der Waals surface area contributed by atoms with E-state index >= 15 is 0 Å². The van der Waals surface area contributed by atoms with Gasteiger partial charge in [0, 0.05) is 5.25 Å². The molecule has 0 saturated carbocycles. The van der Waals surface area contributed by atoms with Gasteiger partial charge in [-0.3, -0.25) is 0 Å². The molecule has 176 valence electrons. The van der Waals surface area contributed by atoms with Gasteiger partial charge >= 0.3 is 51.4 Å². The Bertz CT molecular complexity index is 442. The van der Waals surface area contributed by atoms with Gasteiger partial charge in [0.1, 0.15) is 0 Å². The zero-order chi connectivity index (χ0) is 21.8. The Kier molecular flexibility index (Phi) is 26.6. The SMILES string of the molecule is CCCCCCCCCCCCCCC(O)CCCCCCCC(C)S(=O)(=O)[O-].[K+]. The molecule has 0 saturated heterocycles. The maximum absolute atomic E-state index is 10.8. The van der Waals surface area contributed by atoms with E-state index in [1.165, 1.54) is 77.6 Å². The zero-order valence-corrected chi connectivity index (χ0v) is 24.3. The molecule has 0 aromatic rings. The number of hydrogen-bond donors (Lipinski definition) is 1. The Morgan fingerprint density at radius 3 is 1.27 bits per heavy atom. The van der Waals surface area contributed by atoms with Gasteiger partial charge in [0.25, 0.3) is 0 Å². The van der Waals surface area contributed by atoms with Crippen LogP contribution >= 0.6 is 0 Å². The van der Waals surface area contributed by atoms with Gasteiger partial charge < -0.3 is 9.66 Å². The summed E-state index contributed by atoms with van der Waals surface area (Å²) >= 11 is 0. The van der Waals surface area contributed by atoms with Crippen LogP contribution in [0.25, 0.3) is 0 Å². The Balaban J connectivity index is 0. The van der Waals surface area contributed by atoms with Crippen LogP contribution in [0.2, 0.25) is 0 Å². The van der Waals surface area contributed by atoms with E-state index in [4.69, 9.17) is 0 Å². The molecule has 0 aromatic heterocycles. The van der Waals surface area contributed by atoms with Crippen molar-refractivity contribution in [1.82, 2.24) is 0 Å². The topological polar surface area (TPSA) is 77.4 Å². The van der Waals surface area contributed by atoms with E-state index < -0.39 is 15.4 Å². The third kappa shape index (κ3) is 24.2. The first-order valence-corrected chi connectivity index (χ1v) is 14.0. The minimum Gasteiger partial charge on any atom is -0.748 e. The normalized spacial score (nSPS) is 13.7. The van der Waals surface area contributed by atoms with E-state index in [1.807, 2.05) is 0 Å². The molecule has 6 heteroatoms. The molecule has 0 aliphatic heterocycles. The Labute approximate surface area is 230 Å². The van der Waals surface area contributed by atoms with Crippen molar-refractivity contribution in [2.24, 2.45) is 0 Å². The van der Waals surface area contributed by atoms with E-state index in [-0.39, 0.29) is 57.5 Å². The maximum atomic E-state index is 10.8. The van der Waals surface area contributed by atoms with Gasteiger partial charge in [-0.2, -0.15) is 0 Å². The van der Waals surface area contributed by atoms with Gasteiger partial charge in [-0.05, 0) is 26.2 Å². The molecule has 0 amide bonds. The molecule has 30 heavy (non-hydrogen) atoms. The van der Waals surface area contributed by atoms with E-state index in [0.29, 0.717) is 6.42 Å². The Hall–Kier alpha value is 1.51. The fraction of sp³-hybridized carbons (Fsp3) is 1.00. The fourth-order valence-corrected chi connectivity index (χ4v) is 4.31. The smallest absolute Gasteiger partial charge is 0.748 e. The summed E-state index contributed by atoms with van der Waals surface area (Å²) in [5.41, 5.74) is 0. The molecular formula is C24H49KO4S. The van der Waals surface area contributed by atoms with Gasteiger partial charge in [-0.25, -0.2) is 8.42 Å². The summed E-state index contributed by atoms with van der Waals surface area (Å²) in [5.74, 6) is 0. The van der Waals surface area contributed by atoms with Crippen LogP contribution in [0.3, 0.4) is 0 Å². The number of unbranched alkanes of at least 4 members (excludes halogenated alkanes) is 15. The van der Waals surface area contributed by atoms with E-state index in [1.54, 1.807) is 0 Å². The van der Waals surface area contributed by atoms with Crippen LogP contribution in [0.4, 0.5) is 0 Å². The molecule has 4 nitrogen and oxygen atoms in total. The van der Waals surface area contributed by atoms with Crippen molar-refractivity contribution in [3.05, 3.63) is 0 Å². The number of aliphatic hydroxyl groups excluding tert-OH is 1. The average Bonchev–Trinajstić information content (AvgIpc) is 2.67. The van der Waals surface area contributed by atoms with Crippen molar-refractivity contribution in [1.29, 1.82) is 0 Å². The van der Waals surface area contributed by atoms with Crippen molar-refractivity contribution in [3.8, 4) is 0 Å². The molecule has 0 radical (unpaired) electrons. The molecule has 2 atom stereocenters. The molecule has 0 aliphatic carbocycles. The van der Waals surface area contributed by atoms with Gasteiger partial charge in [-0.15, -0.1) is 0 Å². The second kappa shape index (κ2) is 23.7. The van der Waals surface area contributed by atoms with Gasteiger partial charge in [0.2, 0.25) is 0 Å². The van der Waals surface area contributed by atoms with Crippen molar-refractivity contribution in [3.63, 3.8) is 0 Å². The van der Waals surface area contributed by atoms with Crippen molar-refractivity contribution >= 4 is 10.1 Å². The van der Waals surface area contributed by atoms with Crippen molar-refractivity contribution in [2.75, 3.05) is 0 Å². The molecule has 0 aliphatic rings. The predicted octanol–water partition coefficient (Wildman–Crippen LogP) is 4.11. The second-order valence-corrected chi connectivity index (χ2v) is 10.8. The minimum atomic E-state index is -4.12. The van der Waals surface area contributed by atoms with Crippen LogP contribution in [0.15, 0.2) is 0 Å². The molecule has 2 unspecified atom stereocenters. The monoisotopic (exact) mass is 472 g/mol. The standard InChI is InChI=1S/C24H50O4S.K/c1-3-4-5-6-7-8-9-10-11-12-15-18-21-24(25)22-19-16-13-14-17-20-23(2)29(26,27)28;/h23-25H,3-22H2,1-2H3,(H,26,27,28);/q;+1/p-1. The predicted molar refractivity (Wildman–Crippen MR) is 123 cm³/mol. The van der Waals surface area contributed by atoms with Crippen LogP contribution in [-0.2, 0) is 10.1 Å². The molecule has 0 rings (SSSR count). The molecular weight excluding hydrogens is 423 g/mol. The minimum absolute atomic E-state index is 0. The van der Waals surface area contributed by atoms with Crippen molar-refractivity contribution in [2.45, 2.75) is 154 Å². The van der Waals surface area contributed by atoms with E-state index in [2.05, 4.69) is 6.92 Å². The zero-order valence-electron chi connectivity index (χ0n) is 20.4. The van der Waals surface area contributed by atoms with Crippen LogP contribution in [0, 0.1) is 0 Å². The summed E-state index contributed by atoms with van der Waals surface area (Å²) < 4.78 is 32.4. The summed E-state index contributed by atoms with van der Waals surface area (Å²) in [4.78, 5) is 0. The van der Waals surface area contributed by atoms with E-state index in [9.17, 15) is 18.1 Å². The molecule has 0 spiro atoms. The molecule has 0 heterocycles.